The Hall–Kier alpha value is -1.56. The molecule has 0 spiro atoms. The van der Waals surface area contributed by atoms with Crippen molar-refractivity contribution in [1.29, 1.82) is 0 Å². The van der Waals surface area contributed by atoms with Crippen LogP contribution >= 0.6 is 0 Å². The third-order valence-corrected chi connectivity index (χ3v) is 2.74. The summed E-state index contributed by atoms with van der Waals surface area (Å²) in [6.07, 6.45) is -3.22. The van der Waals surface area contributed by atoms with Crippen molar-refractivity contribution in [3.8, 4) is 0 Å². The summed E-state index contributed by atoms with van der Waals surface area (Å²) < 4.78 is 43.1. The van der Waals surface area contributed by atoms with Gasteiger partial charge in [0, 0.05) is 12.0 Å². The highest BCUT2D eigenvalue weighted by Crippen LogP contribution is 2.31. The van der Waals surface area contributed by atoms with Crippen LogP contribution in [0, 0.1) is 0 Å². The van der Waals surface area contributed by atoms with Gasteiger partial charge in [0.25, 0.3) is 0 Å². The van der Waals surface area contributed by atoms with Crippen LogP contribution < -0.4 is 5.73 Å². The maximum Gasteiger partial charge on any atom is 0.416 e. The predicted octanol–water partition coefficient (Wildman–Crippen LogP) is 3.52. The van der Waals surface area contributed by atoms with Gasteiger partial charge in [0.15, 0.2) is 11.5 Å². The maximum atomic E-state index is 12.6. The minimum atomic E-state index is -4.37. The van der Waals surface area contributed by atoms with Gasteiger partial charge in [-0.3, -0.25) is 0 Å². The summed E-state index contributed by atoms with van der Waals surface area (Å²) in [7, 11) is 0. The molecule has 0 atom stereocenters. The summed E-state index contributed by atoms with van der Waals surface area (Å²) in [6.45, 7) is 3.74. The van der Waals surface area contributed by atoms with Crippen LogP contribution in [0.15, 0.2) is 22.6 Å². The standard InChI is InChI=1S/C13H15F3N2O/c1-12(2,17)6-5-11-18-9-7-8(13(14,15)16)3-4-10(9)19-11/h3-4,7H,5-6,17H2,1-2H3. The monoisotopic (exact) mass is 272 g/mol. The average Bonchev–Trinajstić information content (AvgIpc) is 2.65. The highest BCUT2D eigenvalue weighted by Gasteiger charge is 2.31. The second-order valence-electron chi connectivity index (χ2n) is 5.28. The van der Waals surface area contributed by atoms with Crippen molar-refractivity contribution in [3.05, 3.63) is 29.7 Å². The summed E-state index contributed by atoms with van der Waals surface area (Å²) in [5.74, 6) is 0.410. The molecular formula is C13H15F3N2O. The number of alkyl halides is 3. The number of rotatable bonds is 3. The Kier molecular flexibility index (Phi) is 3.30. The van der Waals surface area contributed by atoms with Gasteiger partial charge in [-0.2, -0.15) is 13.2 Å². The van der Waals surface area contributed by atoms with Crippen molar-refractivity contribution in [1.82, 2.24) is 4.98 Å². The topological polar surface area (TPSA) is 52.0 Å². The van der Waals surface area contributed by atoms with E-state index in [-0.39, 0.29) is 11.1 Å². The Balaban J connectivity index is 2.26. The summed E-state index contributed by atoms with van der Waals surface area (Å²) in [6, 6.07) is 3.28. The summed E-state index contributed by atoms with van der Waals surface area (Å²) in [5, 5.41) is 0. The van der Waals surface area contributed by atoms with E-state index in [4.69, 9.17) is 10.2 Å². The molecule has 0 fully saturated rings. The van der Waals surface area contributed by atoms with Crippen LogP contribution in [0.1, 0.15) is 31.7 Å². The lowest BCUT2D eigenvalue weighted by molar-refractivity contribution is -0.137. The Morgan fingerprint density at radius 1 is 1.26 bits per heavy atom. The van der Waals surface area contributed by atoms with E-state index >= 15 is 0 Å². The number of nitrogens with zero attached hydrogens (tertiary/aromatic N) is 1. The van der Waals surface area contributed by atoms with Crippen LogP contribution in [-0.4, -0.2) is 10.5 Å². The quantitative estimate of drug-likeness (QED) is 0.930. The average molecular weight is 272 g/mol. The molecule has 19 heavy (non-hydrogen) atoms. The third kappa shape index (κ3) is 3.47. The van der Waals surface area contributed by atoms with E-state index in [1.807, 2.05) is 13.8 Å². The molecule has 0 unspecified atom stereocenters. The highest BCUT2D eigenvalue weighted by atomic mass is 19.4. The zero-order valence-electron chi connectivity index (χ0n) is 10.7. The molecule has 2 aromatic rings. The van der Waals surface area contributed by atoms with Crippen molar-refractivity contribution in [2.75, 3.05) is 0 Å². The van der Waals surface area contributed by atoms with Gasteiger partial charge in [-0.05, 0) is 38.5 Å². The van der Waals surface area contributed by atoms with Gasteiger partial charge in [0.2, 0.25) is 0 Å². The molecule has 0 aliphatic heterocycles. The molecule has 0 saturated heterocycles. The van der Waals surface area contributed by atoms with Crippen LogP contribution in [0.3, 0.4) is 0 Å². The van der Waals surface area contributed by atoms with Crippen molar-refractivity contribution < 1.29 is 17.6 Å². The van der Waals surface area contributed by atoms with Crippen LogP contribution in [-0.2, 0) is 12.6 Å². The molecule has 1 aromatic carbocycles. The van der Waals surface area contributed by atoms with Crippen LogP contribution in [0.2, 0.25) is 0 Å². The fraction of sp³-hybridized carbons (Fsp3) is 0.462. The van der Waals surface area contributed by atoms with Crippen LogP contribution in [0.5, 0.6) is 0 Å². The van der Waals surface area contributed by atoms with Gasteiger partial charge in [-0.25, -0.2) is 4.98 Å². The molecule has 0 amide bonds. The molecule has 3 nitrogen and oxygen atoms in total. The number of hydrogen-bond acceptors (Lipinski definition) is 3. The second kappa shape index (κ2) is 4.52. The molecule has 0 aliphatic rings. The van der Waals surface area contributed by atoms with Gasteiger partial charge in [0.05, 0.1) is 5.56 Å². The van der Waals surface area contributed by atoms with Crippen molar-refractivity contribution >= 4 is 11.1 Å². The molecule has 1 heterocycles. The molecule has 0 aliphatic carbocycles. The van der Waals surface area contributed by atoms with Gasteiger partial charge < -0.3 is 10.2 Å². The number of aromatic nitrogens is 1. The molecular weight excluding hydrogens is 257 g/mol. The van der Waals surface area contributed by atoms with E-state index in [0.717, 1.165) is 12.1 Å². The van der Waals surface area contributed by atoms with Gasteiger partial charge >= 0.3 is 6.18 Å². The summed E-state index contributed by atoms with van der Waals surface area (Å²) in [5.41, 5.74) is 5.34. The van der Waals surface area contributed by atoms with E-state index in [9.17, 15) is 13.2 Å². The third-order valence-electron chi connectivity index (χ3n) is 2.74. The Bertz CT molecular complexity index is 582. The first-order chi connectivity index (χ1) is 8.65. The van der Waals surface area contributed by atoms with Crippen LogP contribution in [0.4, 0.5) is 13.2 Å². The number of halogens is 3. The molecule has 0 bridgehead atoms. The van der Waals surface area contributed by atoms with Gasteiger partial charge in [0.1, 0.15) is 5.52 Å². The van der Waals surface area contributed by atoms with E-state index in [1.54, 1.807) is 0 Å². The molecule has 2 rings (SSSR count). The summed E-state index contributed by atoms with van der Waals surface area (Å²) >= 11 is 0. The second-order valence-corrected chi connectivity index (χ2v) is 5.28. The number of aryl methyl sites for hydroxylation is 1. The largest absolute Gasteiger partial charge is 0.441 e. The van der Waals surface area contributed by atoms with Crippen LogP contribution in [0.25, 0.3) is 11.1 Å². The number of oxazole rings is 1. The normalized spacial score (nSPS) is 13.2. The fourth-order valence-corrected chi connectivity index (χ4v) is 1.69. The molecule has 6 heteroatoms. The molecule has 0 radical (unpaired) electrons. The first kappa shape index (κ1) is 13.9. The van der Waals surface area contributed by atoms with E-state index < -0.39 is 11.7 Å². The van der Waals surface area contributed by atoms with E-state index in [0.29, 0.717) is 24.3 Å². The highest BCUT2D eigenvalue weighted by molar-refractivity contribution is 5.73. The zero-order chi connectivity index (χ0) is 14.3. The number of hydrogen-bond donors (Lipinski definition) is 1. The fourth-order valence-electron chi connectivity index (χ4n) is 1.69. The zero-order valence-corrected chi connectivity index (χ0v) is 10.7. The lowest BCUT2D eigenvalue weighted by atomic mass is 10.0. The number of benzene rings is 1. The van der Waals surface area contributed by atoms with E-state index in [2.05, 4.69) is 4.98 Å². The SMILES string of the molecule is CC(C)(N)CCc1nc2cc(C(F)(F)F)ccc2o1. The number of fused-ring (bicyclic) bond motifs is 1. The molecule has 1 aromatic heterocycles. The maximum absolute atomic E-state index is 12.6. The van der Waals surface area contributed by atoms with Crippen molar-refractivity contribution in [2.45, 2.75) is 38.4 Å². The molecule has 104 valence electrons. The lowest BCUT2D eigenvalue weighted by Crippen LogP contribution is -2.32. The first-order valence-electron chi connectivity index (χ1n) is 5.91. The number of nitrogens with two attached hydrogens (primary N) is 1. The van der Waals surface area contributed by atoms with Crippen molar-refractivity contribution in [3.63, 3.8) is 0 Å². The summed E-state index contributed by atoms with van der Waals surface area (Å²) in [4.78, 5) is 4.07. The lowest BCUT2D eigenvalue weighted by Gasteiger charge is -2.16. The first-order valence-corrected chi connectivity index (χ1v) is 5.91. The minimum absolute atomic E-state index is 0.222. The Morgan fingerprint density at radius 3 is 2.53 bits per heavy atom. The van der Waals surface area contributed by atoms with Crippen molar-refractivity contribution in [2.24, 2.45) is 5.73 Å². The molecule has 2 N–H and O–H groups in total. The Labute approximate surface area is 108 Å². The van der Waals surface area contributed by atoms with Gasteiger partial charge in [-0.1, -0.05) is 0 Å². The predicted molar refractivity (Wildman–Crippen MR) is 65.6 cm³/mol. The molecule has 0 saturated carbocycles. The van der Waals surface area contributed by atoms with E-state index in [1.165, 1.54) is 6.07 Å². The smallest absolute Gasteiger partial charge is 0.416 e. The van der Waals surface area contributed by atoms with Gasteiger partial charge in [-0.15, -0.1) is 0 Å². The minimum Gasteiger partial charge on any atom is -0.441 e. The Morgan fingerprint density at radius 2 is 1.95 bits per heavy atom.